The van der Waals surface area contributed by atoms with Crippen molar-refractivity contribution in [3.63, 3.8) is 0 Å². The van der Waals surface area contributed by atoms with E-state index >= 15 is 0 Å². The van der Waals surface area contributed by atoms with Crippen LogP contribution in [0.25, 0.3) is 0 Å². The fourth-order valence-corrected chi connectivity index (χ4v) is 2.68. The van der Waals surface area contributed by atoms with Gasteiger partial charge in [0.2, 0.25) is 0 Å². The highest BCUT2D eigenvalue weighted by Crippen LogP contribution is 2.32. The predicted octanol–water partition coefficient (Wildman–Crippen LogP) is 5.07. The summed E-state index contributed by atoms with van der Waals surface area (Å²) in [6.07, 6.45) is 2.95. The van der Waals surface area contributed by atoms with Crippen LogP contribution in [0.3, 0.4) is 0 Å². The Morgan fingerprint density at radius 2 is 1.59 bits per heavy atom. The van der Waals surface area contributed by atoms with Gasteiger partial charge in [0.15, 0.2) is 0 Å². The Labute approximate surface area is 158 Å². The van der Waals surface area contributed by atoms with Crippen LogP contribution in [0.15, 0.2) is 24.3 Å². The number of hydrogen-bond donors (Lipinski definition) is 0. The average molecular weight is 387 g/mol. The Kier molecular flexibility index (Phi) is 9.89. The van der Waals surface area contributed by atoms with Gasteiger partial charge in [-0.3, -0.25) is 9.59 Å². The van der Waals surface area contributed by atoms with Gasteiger partial charge in [0.25, 0.3) is 5.91 Å². The third kappa shape index (κ3) is 8.45. The van der Waals surface area contributed by atoms with Gasteiger partial charge in [-0.1, -0.05) is 57.6 Å². The summed E-state index contributed by atoms with van der Waals surface area (Å²) in [5.41, 5.74) is -1.49. The van der Waals surface area contributed by atoms with Crippen molar-refractivity contribution in [3.05, 3.63) is 35.4 Å². The number of rotatable bonds is 11. The van der Waals surface area contributed by atoms with E-state index in [0.717, 1.165) is 42.7 Å². The fraction of sp³-hybridized carbons (Fsp3) is 0.600. The van der Waals surface area contributed by atoms with E-state index in [9.17, 15) is 22.8 Å². The van der Waals surface area contributed by atoms with Crippen LogP contribution in [0, 0.1) is 0 Å². The van der Waals surface area contributed by atoms with Crippen molar-refractivity contribution in [1.29, 1.82) is 0 Å². The molecule has 0 radical (unpaired) electrons. The molecule has 0 saturated carbocycles. The molecule has 1 rings (SSSR count). The lowest BCUT2D eigenvalue weighted by Crippen LogP contribution is -2.34. The summed E-state index contributed by atoms with van der Waals surface area (Å²) in [5.74, 6) is -1.49. The Balaban J connectivity index is 2.40. The first kappa shape index (κ1) is 23.0. The summed E-state index contributed by atoms with van der Waals surface area (Å²) in [7, 11) is 1.28. The second-order valence-corrected chi connectivity index (χ2v) is 6.55. The molecule has 0 saturated heterocycles. The van der Waals surface area contributed by atoms with E-state index in [-0.39, 0.29) is 13.2 Å². The average Bonchev–Trinajstić information content (AvgIpc) is 2.62. The standard InChI is InChI=1S/C20H28F3NO3/c1-3-4-5-6-7-8-11-14-27-18(25)15-24(2)19(26)16-12-9-10-13-17(16)20(21,22)23/h9-10,12-13H,3-8,11,14-15H2,1-2H3. The van der Waals surface area contributed by atoms with E-state index in [1.807, 2.05) is 0 Å². The van der Waals surface area contributed by atoms with Gasteiger partial charge in [0.1, 0.15) is 6.54 Å². The molecule has 7 heteroatoms. The topological polar surface area (TPSA) is 46.6 Å². The summed E-state index contributed by atoms with van der Waals surface area (Å²) in [5, 5.41) is 0. The molecular formula is C20H28F3NO3. The maximum absolute atomic E-state index is 13.0. The quantitative estimate of drug-likeness (QED) is 0.393. The molecule has 0 N–H and O–H groups in total. The minimum atomic E-state index is -4.63. The Bertz CT molecular complexity index is 602. The second-order valence-electron chi connectivity index (χ2n) is 6.55. The number of nitrogens with zero attached hydrogens (tertiary/aromatic N) is 1. The molecule has 0 bridgehead atoms. The van der Waals surface area contributed by atoms with Gasteiger partial charge in [0.05, 0.1) is 17.7 Å². The molecule has 152 valence electrons. The van der Waals surface area contributed by atoms with Crippen molar-refractivity contribution in [2.75, 3.05) is 20.2 Å². The first-order chi connectivity index (χ1) is 12.8. The van der Waals surface area contributed by atoms with Gasteiger partial charge in [0, 0.05) is 7.05 Å². The van der Waals surface area contributed by atoms with Crippen LogP contribution in [-0.4, -0.2) is 37.0 Å². The lowest BCUT2D eigenvalue weighted by Gasteiger charge is -2.19. The SMILES string of the molecule is CCCCCCCCCOC(=O)CN(C)C(=O)c1ccccc1C(F)(F)F. The maximum Gasteiger partial charge on any atom is 0.417 e. The third-order valence-corrected chi connectivity index (χ3v) is 4.19. The van der Waals surface area contributed by atoms with E-state index in [2.05, 4.69) is 6.92 Å². The summed E-state index contributed by atoms with van der Waals surface area (Å²) in [4.78, 5) is 25.0. The van der Waals surface area contributed by atoms with Gasteiger partial charge < -0.3 is 9.64 Å². The van der Waals surface area contributed by atoms with Crippen molar-refractivity contribution in [1.82, 2.24) is 4.90 Å². The van der Waals surface area contributed by atoms with Crippen LogP contribution in [0.1, 0.15) is 67.8 Å². The highest BCUT2D eigenvalue weighted by molar-refractivity contribution is 5.97. The van der Waals surface area contributed by atoms with Crippen LogP contribution in [0.5, 0.6) is 0 Å². The molecule has 0 atom stereocenters. The van der Waals surface area contributed by atoms with Gasteiger partial charge in [-0.2, -0.15) is 13.2 Å². The molecule has 0 aliphatic carbocycles. The number of carbonyl (C=O) groups excluding carboxylic acids is 2. The van der Waals surface area contributed by atoms with Crippen molar-refractivity contribution < 1.29 is 27.5 Å². The van der Waals surface area contributed by atoms with E-state index < -0.39 is 29.2 Å². The van der Waals surface area contributed by atoms with E-state index in [4.69, 9.17) is 4.74 Å². The zero-order chi connectivity index (χ0) is 20.3. The summed E-state index contributed by atoms with van der Waals surface area (Å²) < 4.78 is 44.1. The monoisotopic (exact) mass is 387 g/mol. The van der Waals surface area contributed by atoms with E-state index in [1.165, 1.54) is 38.4 Å². The Morgan fingerprint density at radius 3 is 2.22 bits per heavy atom. The van der Waals surface area contributed by atoms with Crippen molar-refractivity contribution in [3.8, 4) is 0 Å². The van der Waals surface area contributed by atoms with Crippen LogP contribution in [0.2, 0.25) is 0 Å². The number of esters is 1. The van der Waals surface area contributed by atoms with Crippen molar-refractivity contribution in [2.24, 2.45) is 0 Å². The molecule has 1 aromatic carbocycles. The molecule has 4 nitrogen and oxygen atoms in total. The highest BCUT2D eigenvalue weighted by atomic mass is 19.4. The molecule has 1 aromatic rings. The Morgan fingerprint density at radius 1 is 1.00 bits per heavy atom. The first-order valence-electron chi connectivity index (χ1n) is 9.34. The second kappa shape index (κ2) is 11.6. The summed E-state index contributed by atoms with van der Waals surface area (Å²) in [6, 6.07) is 4.52. The van der Waals surface area contributed by atoms with Crippen LogP contribution in [0.4, 0.5) is 13.2 Å². The number of ether oxygens (including phenoxy) is 1. The van der Waals surface area contributed by atoms with Crippen molar-refractivity contribution >= 4 is 11.9 Å². The molecule has 0 fully saturated rings. The summed E-state index contributed by atoms with van der Waals surface area (Å²) >= 11 is 0. The smallest absolute Gasteiger partial charge is 0.417 e. The van der Waals surface area contributed by atoms with E-state index in [0.29, 0.717) is 0 Å². The zero-order valence-electron chi connectivity index (χ0n) is 16.0. The normalized spacial score (nSPS) is 11.3. The number of hydrogen-bond acceptors (Lipinski definition) is 3. The molecule has 0 unspecified atom stereocenters. The van der Waals surface area contributed by atoms with Crippen LogP contribution >= 0.6 is 0 Å². The number of unbranched alkanes of at least 4 members (excludes halogenated alkanes) is 6. The zero-order valence-corrected chi connectivity index (χ0v) is 16.0. The number of carbonyl (C=O) groups is 2. The highest BCUT2D eigenvalue weighted by Gasteiger charge is 2.35. The Hall–Kier alpha value is -2.05. The molecular weight excluding hydrogens is 359 g/mol. The summed E-state index contributed by atoms with van der Waals surface area (Å²) in [6.45, 7) is 2.03. The minimum Gasteiger partial charge on any atom is -0.464 e. The molecule has 0 aromatic heterocycles. The molecule has 0 spiro atoms. The lowest BCUT2D eigenvalue weighted by molar-refractivity contribution is -0.144. The number of likely N-dealkylation sites (N-methyl/N-ethyl adjacent to an activating group) is 1. The first-order valence-corrected chi connectivity index (χ1v) is 9.34. The largest absolute Gasteiger partial charge is 0.464 e. The molecule has 27 heavy (non-hydrogen) atoms. The van der Waals surface area contributed by atoms with Gasteiger partial charge in [-0.05, 0) is 18.6 Å². The van der Waals surface area contributed by atoms with Crippen LogP contribution < -0.4 is 0 Å². The van der Waals surface area contributed by atoms with E-state index in [1.54, 1.807) is 0 Å². The van der Waals surface area contributed by atoms with Crippen LogP contribution in [-0.2, 0) is 15.7 Å². The maximum atomic E-state index is 13.0. The molecule has 0 aliphatic heterocycles. The number of amides is 1. The third-order valence-electron chi connectivity index (χ3n) is 4.19. The lowest BCUT2D eigenvalue weighted by atomic mass is 10.1. The van der Waals surface area contributed by atoms with Gasteiger partial charge in [-0.25, -0.2) is 0 Å². The molecule has 0 aliphatic rings. The predicted molar refractivity (Wildman–Crippen MR) is 97.4 cm³/mol. The molecule has 0 heterocycles. The van der Waals surface area contributed by atoms with Crippen molar-refractivity contribution in [2.45, 2.75) is 58.0 Å². The number of benzene rings is 1. The number of alkyl halides is 3. The number of halogens is 3. The fourth-order valence-electron chi connectivity index (χ4n) is 2.68. The van der Waals surface area contributed by atoms with Gasteiger partial charge in [-0.15, -0.1) is 0 Å². The van der Waals surface area contributed by atoms with Gasteiger partial charge >= 0.3 is 12.1 Å². The molecule has 1 amide bonds. The minimum absolute atomic E-state index is 0.258.